The second-order valence-corrected chi connectivity index (χ2v) is 4.01. The minimum absolute atomic E-state index is 0.0946. The van der Waals surface area contributed by atoms with Crippen LogP contribution in [0, 0.1) is 5.92 Å². The summed E-state index contributed by atoms with van der Waals surface area (Å²) in [7, 11) is 0. The van der Waals surface area contributed by atoms with Gasteiger partial charge in [-0.05, 0) is 18.8 Å². The molecular weight excluding hydrogens is 194 g/mol. The SMILES string of the molecule is CCCn1nnc(C(=O)O)c1CC(C)C. The highest BCUT2D eigenvalue weighted by Gasteiger charge is 2.18. The van der Waals surface area contributed by atoms with Gasteiger partial charge in [0.2, 0.25) is 0 Å². The Bertz CT molecular complexity index is 344. The van der Waals surface area contributed by atoms with E-state index in [0.29, 0.717) is 12.3 Å². The van der Waals surface area contributed by atoms with Crippen LogP contribution in [0.15, 0.2) is 0 Å². The maximum Gasteiger partial charge on any atom is 0.358 e. The Labute approximate surface area is 89.1 Å². The average Bonchev–Trinajstić information content (AvgIpc) is 2.48. The highest BCUT2D eigenvalue weighted by Crippen LogP contribution is 2.12. The highest BCUT2D eigenvalue weighted by molar-refractivity contribution is 5.86. The Morgan fingerprint density at radius 2 is 2.20 bits per heavy atom. The molecule has 0 bridgehead atoms. The van der Waals surface area contributed by atoms with E-state index in [1.807, 2.05) is 6.92 Å². The molecule has 0 atom stereocenters. The van der Waals surface area contributed by atoms with Gasteiger partial charge in [0.05, 0.1) is 5.69 Å². The van der Waals surface area contributed by atoms with E-state index in [2.05, 4.69) is 24.2 Å². The van der Waals surface area contributed by atoms with Crippen molar-refractivity contribution in [3.05, 3.63) is 11.4 Å². The molecule has 1 rings (SSSR count). The topological polar surface area (TPSA) is 68.0 Å². The van der Waals surface area contributed by atoms with Crippen molar-refractivity contribution in [3.8, 4) is 0 Å². The third kappa shape index (κ3) is 2.78. The van der Waals surface area contributed by atoms with Gasteiger partial charge in [-0.1, -0.05) is 26.0 Å². The van der Waals surface area contributed by atoms with Gasteiger partial charge in [0.25, 0.3) is 0 Å². The van der Waals surface area contributed by atoms with Crippen LogP contribution in [0.5, 0.6) is 0 Å². The molecule has 0 saturated heterocycles. The molecule has 0 saturated carbocycles. The second-order valence-electron chi connectivity index (χ2n) is 4.01. The number of nitrogens with zero attached hydrogens (tertiary/aromatic N) is 3. The van der Waals surface area contributed by atoms with Gasteiger partial charge in [-0.15, -0.1) is 5.10 Å². The van der Waals surface area contributed by atoms with E-state index in [0.717, 1.165) is 18.7 Å². The third-order valence-electron chi connectivity index (χ3n) is 2.08. The molecule has 0 fully saturated rings. The normalized spacial score (nSPS) is 10.9. The van der Waals surface area contributed by atoms with E-state index < -0.39 is 5.97 Å². The molecular formula is C10H17N3O2. The van der Waals surface area contributed by atoms with Crippen molar-refractivity contribution in [2.45, 2.75) is 40.2 Å². The summed E-state index contributed by atoms with van der Waals surface area (Å²) in [4.78, 5) is 10.9. The summed E-state index contributed by atoms with van der Waals surface area (Å²) in [6.07, 6.45) is 1.63. The largest absolute Gasteiger partial charge is 0.476 e. The zero-order valence-corrected chi connectivity index (χ0v) is 9.40. The van der Waals surface area contributed by atoms with E-state index in [-0.39, 0.29) is 5.69 Å². The monoisotopic (exact) mass is 211 g/mol. The molecule has 0 spiro atoms. The number of rotatable bonds is 5. The second kappa shape index (κ2) is 4.91. The van der Waals surface area contributed by atoms with Crippen LogP contribution in [0.2, 0.25) is 0 Å². The fourth-order valence-corrected chi connectivity index (χ4v) is 1.48. The summed E-state index contributed by atoms with van der Waals surface area (Å²) >= 11 is 0. The van der Waals surface area contributed by atoms with Gasteiger partial charge < -0.3 is 5.11 Å². The Hall–Kier alpha value is -1.39. The molecule has 0 aliphatic carbocycles. The van der Waals surface area contributed by atoms with Crippen molar-refractivity contribution >= 4 is 5.97 Å². The Balaban J connectivity index is 3.02. The van der Waals surface area contributed by atoms with Crippen molar-refractivity contribution in [1.82, 2.24) is 15.0 Å². The average molecular weight is 211 g/mol. The van der Waals surface area contributed by atoms with Crippen LogP contribution in [0.1, 0.15) is 43.4 Å². The lowest BCUT2D eigenvalue weighted by molar-refractivity contribution is 0.0689. The van der Waals surface area contributed by atoms with E-state index >= 15 is 0 Å². The maximum absolute atomic E-state index is 10.9. The van der Waals surface area contributed by atoms with E-state index in [9.17, 15) is 4.79 Å². The van der Waals surface area contributed by atoms with Crippen molar-refractivity contribution in [1.29, 1.82) is 0 Å². The summed E-state index contributed by atoms with van der Waals surface area (Å²) in [5.74, 6) is -0.592. The van der Waals surface area contributed by atoms with Crippen LogP contribution in [-0.2, 0) is 13.0 Å². The summed E-state index contributed by atoms with van der Waals surface area (Å²) in [6, 6.07) is 0. The van der Waals surface area contributed by atoms with Crippen LogP contribution < -0.4 is 0 Å². The van der Waals surface area contributed by atoms with Crippen LogP contribution >= 0.6 is 0 Å². The van der Waals surface area contributed by atoms with Crippen LogP contribution in [0.4, 0.5) is 0 Å². The number of carboxylic acids is 1. The standard InChI is InChI=1S/C10H17N3O2/c1-4-5-13-8(6-7(2)3)9(10(14)15)11-12-13/h7H,4-6H2,1-3H3,(H,14,15). The maximum atomic E-state index is 10.9. The molecule has 0 aliphatic heterocycles. The molecule has 1 heterocycles. The number of aryl methyl sites for hydroxylation is 1. The Morgan fingerprint density at radius 1 is 1.53 bits per heavy atom. The van der Waals surface area contributed by atoms with Gasteiger partial charge in [0, 0.05) is 6.54 Å². The molecule has 0 aliphatic rings. The number of carboxylic acid groups (broad SMARTS) is 1. The first-order valence-corrected chi connectivity index (χ1v) is 5.21. The molecule has 5 nitrogen and oxygen atoms in total. The van der Waals surface area contributed by atoms with E-state index in [1.165, 1.54) is 0 Å². The molecule has 1 aromatic rings. The minimum Gasteiger partial charge on any atom is -0.476 e. The number of carbonyl (C=O) groups is 1. The number of hydrogen-bond acceptors (Lipinski definition) is 3. The Kier molecular flexibility index (Phi) is 3.82. The van der Waals surface area contributed by atoms with Crippen molar-refractivity contribution < 1.29 is 9.90 Å². The van der Waals surface area contributed by atoms with Crippen LogP contribution in [-0.4, -0.2) is 26.1 Å². The lowest BCUT2D eigenvalue weighted by Gasteiger charge is -2.07. The first-order valence-electron chi connectivity index (χ1n) is 5.21. The molecule has 0 amide bonds. The molecule has 0 unspecified atom stereocenters. The third-order valence-corrected chi connectivity index (χ3v) is 2.08. The van der Waals surface area contributed by atoms with Gasteiger partial charge in [0.1, 0.15) is 0 Å². The molecule has 0 aromatic carbocycles. The quantitative estimate of drug-likeness (QED) is 0.803. The van der Waals surface area contributed by atoms with Crippen LogP contribution in [0.3, 0.4) is 0 Å². The number of aromatic carboxylic acids is 1. The molecule has 1 aromatic heterocycles. The van der Waals surface area contributed by atoms with Crippen molar-refractivity contribution in [2.75, 3.05) is 0 Å². The predicted molar refractivity (Wildman–Crippen MR) is 55.8 cm³/mol. The van der Waals surface area contributed by atoms with Gasteiger partial charge in [-0.25, -0.2) is 9.48 Å². The van der Waals surface area contributed by atoms with Crippen molar-refractivity contribution in [2.24, 2.45) is 5.92 Å². The predicted octanol–water partition coefficient (Wildman–Crippen LogP) is 1.58. The smallest absolute Gasteiger partial charge is 0.358 e. The number of aromatic nitrogens is 3. The highest BCUT2D eigenvalue weighted by atomic mass is 16.4. The zero-order chi connectivity index (χ0) is 11.4. The molecule has 1 N–H and O–H groups in total. The first-order chi connectivity index (χ1) is 7.06. The summed E-state index contributed by atoms with van der Waals surface area (Å²) in [5, 5.41) is 16.5. The summed E-state index contributed by atoms with van der Waals surface area (Å²) < 4.78 is 1.70. The first kappa shape index (κ1) is 11.7. The van der Waals surface area contributed by atoms with Gasteiger partial charge in [-0.3, -0.25) is 0 Å². The zero-order valence-electron chi connectivity index (χ0n) is 9.40. The van der Waals surface area contributed by atoms with E-state index in [1.54, 1.807) is 4.68 Å². The van der Waals surface area contributed by atoms with Gasteiger partial charge >= 0.3 is 5.97 Å². The minimum atomic E-state index is -0.993. The van der Waals surface area contributed by atoms with E-state index in [4.69, 9.17) is 5.11 Å². The summed E-state index contributed by atoms with van der Waals surface area (Å²) in [5.41, 5.74) is 0.830. The molecule has 0 radical (unpaired) electrons. The fourth-order valence-electron chi connectivity index (χ4n) is 1.48. The lowest BCUT2D eigenvalue weighted by Crippen LogP contribution is -2.10. The molecule has 84 valence electrons. The summed E-state index contributed by atoms with van der Waals surface area (Å²) in [6.45, 7) is 6.85. The molecule has 15 heavy (non-hydrogen) atoms. The fraction of sp³-hybridized carbons (Fsp3) is 0.700. The van der Waals surface area contributed by atoms with Crippen LogP contribution in [0.25, 0.3) is 0 Å². The number of hydrogen-bond donors (Lipinski definition) is 1. The molecule has 5 heteroatoms. The van der Waals surface area contributed by atoms with Gasteiger partial charge in [-0.2, -0.15) is 0 Å². The lowest BCUT2D eigenvalue weighted by atomic mass is 10.1. The Morgan fingerprint density at radius 3 is 2.67 bits per heavy atom. The van der Waals surface area contributed by atoms with Crippen molar-refractivity contribution in [3.63, 3.8) is 0 Å². The van der Waals surface area contributed by atoms with Gasteiger partial charge in [0.15, 0.2) is 5.69 Å².